The Bertz CT molecular complexity index is 384. The van der Waals surface area contributed by atoms with Crippen LogP contribution in [0, 0.1) is 10.1 Å². The Hall–Kier alpha value is -1.86. The van der Waals surface area contributed by atoms with E-state index in [0.29, 0.717) is 18.8 Å². The topological polar surface area (TPSA) is 111 Å². The van der Waals surface area contributed by atoms with Gasteiger partial charge in [0, 0.05) is 6.54 Å². The maximum Gasteiger partial charge on any atom is 0.314 e. The molecular formula is C10H15N3O4. The quantitative estimate of drug-likeness (QED) is 0.279. The van der Waals surface area contributed by atoms with Crippen LogP contribution in [0.1, 0.15) is 0 Å². The van der Waals surface area contributed by atoms with Crippen LogP contribution in [-0.2, 0) is 4.74 Å². The molecule has 0 saturated carbocycles. The fourth-order valence-corrected chi connectivity index (χ4v) is 1.33. The first-order valence-corrected chi connectivity index (χ1v) is 5.12. The summed E-state index contributed by atoms with van der Waals surface area (Å²) >= 11 is 0. The van der Waals surface area contributed by atoms with Gasteiger partial charge in [-0.2, -0.15) is 0 Å². The van der Waals surface area contributed by atoms with Gasteiger partial charge in [-0.25, -0.2) is 0 Å². The van der Waals surface area contributed by atoms with Crippen molar-refractivity contribution in [2.75, 3.05) is 37.4 Å². The Morgan fingerprint density at radius 2 is 2.24 bits per heavy atom. The van der Waals surface area contributed by atoms with Gasteiger partial charge in [0.05, 0.1) is 24.7 Å². The molecule has 0 radical (unpaired) electrons. The van der Waals surface area contributed by atoms with Crippen LogP contribution in [-0.4, -0.2) is 36.4 Å². The highest BCUT2D eigenvalue weighted by Crippen LogP contribution is 2.30. The van der Waals surface area contributed by atoms with Crippen molar-refractivity contribution < 1.29 is 14.8 Å². The lowest BCUT2D eigenvalue weighted by molar-refractivity contribution is -0.383. The van der Waals surface area contributed by atoms with E-state index in [2.05, 4.69) is 5.32 Å². The molecule has 0 aliphatic rings. The smallest absolute Gasteiger partial charge is 0.314 e. The van der Waals surface area contributed by atoms with Crippen molar-refractivity contribution in [1.29, 1.82) is 0 Å². The molecule has 1 aromatic rings. The minimum Gasteiger partial charge on any atom is -0.394 e. The summed E-state index contributed by atoms with van der Waals surface area (Å²) in [4.78, 5) is 10.3. The third-order valence-electron chi connectivity index (χ3n) is 2.05. The number of nitrogens with two attached hydrogens (primary N) is 1. The second kappa shape index (κ2) is 6.66. The summed E-state index contributed by atoms with van der Waals surface area (Å²) < 4.78 is 5.02. The standard InChI is InChI=1S/C10H15N3O4/c11-8-2-1-3-9(10(8)13(15)16)12-4-6-17-7-5-14/h1-3,12,14H,4-7,11H2. The lowest BCUT2D eigenvalue weighted by Crippen LogP contribution is -2.12. The van der Waals surface area contributed by atoms with Crippen LogP contribution in [0.15, 0.2) is 18.2 Å². The van der Waals surface area contributed by atoms with Crippen molar-refractivity contribution >= 4 is 17.1 Å². The zero-order valence-electron chi connectivity index (χ0n) is 9.26. The van der Waals surface area contributed by atoms with E-state index in [1.54, 1.807) is 12.1 Å². The predicted molar refractivity (Wildman–Crippen MR) is 63.9 cm³/mol. The SMILES string of the molecule is Nc1cccc(NCCOCCO)c1[N+](=O)[O-]. The monoisotopic (exact) mass is 241 g/mol. The summed E-state index contributed by atoms with van der Waals surface area (Å²) in [5.74, 6) is 0. The van der Waals surface area contributed by atoms with Crippen LogP contribution in [0.25, 0.3) is 0 Å². The van der Waals surface area contributed by atoms with E-state index in [-0.39, 0.29) is 24.6 Å². The van der Waals surface area contributed by atoms with Crippen LogP contribution < -0.4 is 11.1 Å². The average molecular weight is 241 g/mol. The molecule has 0 saturated heterocycles. The third kappa shape index (κ3) is 3.89. The third-order valence-corrected chi connectivity index (χ3v) is 2.05. The van der Waals surface area contributed by atoms with Gasteiger partial charge in [0.1, 0.15) is 11.4 Å². The lowest BCUT2D eigenvalue weighted by Gasteiger charge is -2.08. The first kappa shape index (κ1) is 13.2. The molecule has 0 fully saturated rings. The summed E-state index contributed by atoms with van der Waals surface area (Å²) in [6.45, 7) is 0.968. The van der Waals surface area contributed by atoms with Gasteiger partial charge in [0.25, 0.3) is 0 Å². The number of benzene rings is 1. The number of nitrogens with one attached hydrogen (secondary N) is 1. The number of nitro groups is 1. The van der Waals surface area contributed by atoms with Gasteiger partial charge in [0.15, 0.2) is 0 Å². The summed E-state index contributed by atoms with van der Waals surface area (Å²) in [5, 5.41) is 22.1. The number of rotatable bonds is 7. The van der Waals surface area contributed by atoms with E-state index in [0.717, 1.165) is 0 Å². The highest BCUT2D eigenvalue weighted by Gasteiger charge is 2.16. The van der Waals surface area contributed by atoms with Crippen molar-refractivity contribution in [2.24, 2.45) is 0 Å². The summed E-state index contributed by atoms with van der Waals surface area (Å²) in [5.41, 5.74) is 5.88. The molecule has 0 aliphatic carbocycles. The van der Waals surface area contributed by atoms with Crippen LogP contribution in [0.4, 0.5) is 17.1 Å². The molecule has 0 unspecified atom stereocenters. The number of nitro benzene ring substituents is 1. The molecule has 0 atom stereocenters. The Kier molecular flexibility index (Phi) is 5.18. The fraction of sp³-hybridized carbons (Fsp3) is 0.400. The Balaban J connectivity index is 2.58. The second-order valence-corrected chi connectivity index (χ2v) is 3.26. The molecule has 7 heteroatoms. The number of anilines is 2. The molecule has 1 rings (SSSR count). The van der Waals surface area contributed by atoms with Gasteiger partial charge in [-0.1, -0.05) is 6.07 Å². The second-order valence-electron chi connectivity index (χ2n) is 3.26. The van der Waals surface area contributed by atoms with Gasteiger partial charge >= 0.3 is 5.69 Å². The van der Waals surface area contributed by atoms with Gasteiger partial charge in [-0.15, -0.1) is 0 Å². The maximum absolute atomic E-state index is 10.8. The molecule has 0 aromatic heterocycles. The van der Waals surface area contributed by atoms with Crippen LogP contribution >= 0.6 is 0 Å². The molecule has 0 heterocycles. The average Bonchev–Trinajstić information content (AvgIpc) is 2.28. The summed E-state index contributed by atoms with van der Waals surface area (Å²) in [6, 6.07) is 4.70. The van der Waals surface area contributed by atoms with Crippen molar-refractivity contribution in [1.82, 2.24) is 0 Å². The number of ether oxygens (including phenoxy) is 1. The molecule has 17 heavy (non-hydrogen) atoms. The van der Waals surface area contributed by atoms with E-state index in [4.69, 9.17) is 15.6 Å². The molecule has 7 nitrogen and oxygen atoms in total. The zero-order chi connectivity index (χ0) is 12.7. The summed E-state index contributed by atoms with van der Waals surface area (Å²) in [6.07, 6.45) is 0. The van der Waals surface area contributed by atoms with E-state index >= 15 is 0 Å². The minimum atomic E-state index is -0.522. The largest absolute Gasteiger partial charge is 0.394 e. The fourth-order valence-electron chi connectivity index (χ4n) is 1.33. The lowest BCUT2D eigenvalue weighted by atomic mass is 10.2. The van der Waals surface area contributed by atoms with Gasteiger partial charge in [-0.3, -0.25) is 10.1 Å². The van der Waals surface area contributed by atoms with E-state index in [1.165, 1.54) is 6.07 Å². The maximum atomic E-state index is 10.8. The first-order chi connectivity index (χ1) is 8.16. The number of nitrogens with zero attached hydrogens (tertiary/aromatic N) is 1. The number of aliphatic hydroxyl groups is 1. The molecule has 0 aliphatic heterocycles. The number of aliphatic hydroxyl groups excluding tert-OH is 1. The van der Waals surface area contributed by atoms with Gasteiger partial charge in [0.2, 0.25) is 0 Å². The number of para-hydroxylation sites is 1. The van der Waals surface area contributed by atoms with Crippen LogP contribution in [0.5, 0.6) is 0 Å². The van der Waals surface area contributed by atoms with Crippen molar-refractivity contribution in [2.45, 2.75) is 0 Å². The molecule has 94 valence electrons. The van der Waals surface area contributed by atoms with E-state index in [1.807, 2.05) is 0 Å². The minimum absolute atomic E-state index is 0.0432. The van der Waals surface area contributed by atoms with Gasteiger partial charge < -0.3 is 20.9 Å². The zero-order valence-corrected chi connectivity index (χ0v) is 9.26. The number of hydrogen-bond donors (Lipinski definition) is 3. The molecule has 0 amide bonds. The Morgan fingerprint density at radius 1 is 1.47 bits per heavy atom. The normalized spacial score (nSPS) is 10.2. The highest BCUT2D eigenvalue weighted by molar-refractivity contribution is 5.74. The van der Waals surface area contributed by atoms with Crippen molar-refractivity contribution in [3.05, 3.63) is 28.3 Å². The van der Waals surface area contributed by atoms with Gasteiger partial charge in [-0.05, 0) is 12.1 Å². The molecule has 1 aromatic carbocycles. The van der Waals surface area contributed by atoms with Crippen LogP contribution in [0.2, 0.25) is 0 Å². The van der Waals surface area contributed by atoms with Crippen LogP contribution in [0.3, 0.4) is 0 Å². The first-order valence-electron chi connectivity index (χ1n) is 5.12. The Labute approximate surface area is 98.3 Å². The van der Waals surface area contributed by atoms with E-state index < -0.39 is 4.92 Å². The molecule has 0 spiro atoms. The number of hydrogen-bond acceptors (Lipinski definition) is 6. The highest BCUT2D eigenvalue weighted by atomic mass is 16.6. The Morgan fingerprint density at radius 3 is 2.88 bits per heavy atom. The number of nitrogen functional groups attached to an aromatic ring is 1. The molecule has 0 bridgehead atoms. The van der Waals surface area contributed by atoms with Crippen molar-refractivity contribution in [3.8, 4) is 0 Å². The molecule has 4 N–H and O–H groups in total. The molecular weight excluding hydrogens is 226 g/mol. The van der Waals surface area contributed by atoms with Crippen molar-refractivity contribution in [3.63, 3.8) is 0 Å². The van der Waals surface area contributed by atoms with E-state index in [9.17, 15) is 10.1 Å². The summed E-state index contributed by atoms with van der Waals surface area (Å²) in [7, 11) is 0. The predicted octanol–water partition coefficient (Wildman–Crippen LogP) is 0.598.